The van der Waals surface area contributed by atoms with Crippen LogP contribution in [-0.2, 0) is 6.42 Å². The molecule has 0 amide bonds. The summed E-state index contributed by atoms with van der Waals surface area (Å²) in [5, 5.41) is 15.7. The molecule has 0 aliphatic rings. The second kappa shape index (κ2) is 7.58. The number of aromatic amines is 1. The molecule has 3 rings (SSSR count). The molecule has 0 bridgehead atoms. The molecule has 6 heteroatoms. The maximum atomic E-state index is 4.42. The van der Waals surface area contributed by atoms with Crippen LogP contribution in [-0.4, -0.2) is 33.3 Å². The van der Waals surface area contributed by atoms with Gasteiger partial charge in [-0.2, -0.15) is 10.1 Å². The number of nitrogens with one attached hydrogen (secondary N) is 3. The second-order valence-corrected chi connectivity index (χ2v) is 5.48. The van der Waals surface area contributed by atoms with Crippen molar-refractivity contribution >= 4 is 22.7 Å². The predicted octanol–water partition coefficient (Wildman–Crippen LogP) is 3.22. The van der Waals surface area contributed by atoms with Crippen molar-refractivity contribution < 1.29 is 0 Å². The lowest BCUT2D eigenvalue weighted by atomic mass is 10.1. The van der Waals surface area contributed by atoms with Gasteiger partial charge < -0.3 is 15.6 Å². The molecule has 0 spiro atoms. The van der Waals surface area contributed by atoms with Crippen LogP contribution in [0.15, 0.2) is 36.7 Å². The van der Waals surface area contributed by atoms with Crippen LogP contribution in [0.5, 0.6) is 0 Å². The monoisotopic (exact) mass is 310 g/mol. The Bertz CT molecular complexity index is 751. The third-order valence-electron chi connectivity index (χ3n) is 3.75. The average Bonchev–Trinajstić information content (AvgIpc) is 2.99. The van der Waals surface area contributed by atoms with E-state index in [-0.39, 0.29) is 0 Å². The molecule has 0 aliphatic heterocycles. The highest BCUT2D eigenvalue weighted by molar-refractivity contribution is 5.83. The maximum Gasteiger partial charge on any atom is 0.244 e. The molecule has 3 aromatic rings. The van der Waals surface area contributed by atoms with E-state index in [1.54, 1.807) is 6.20 Å². The number of unbranched alkanes of at least 4 members (excludes halogenated alkanes) is 1. The molecule has 0 atom stereocenters. The Morgan fingerprint density at radius 1 is 1.13 bits per heavy atom. The van der Waals surface area contributed by atoms with E-state index in [1.807, 2.05) is 6.07 Å². The van der Waals surface area contributed by atoms with Gasteiger partial charge in [0.25, 0.3) is 0 Å². The van der Waals surface area contributed by atoms with Crippen LogP contribution >= 0.6 is 0 Å². The highest BCUT2D eigenvalue weighted by Gasteiger charge is 2.03. The van der Waals surface area contributed by atoms with Gasteiger partial charge in [0.2, 0.25) is 5.95 Å². The third kappa shape index (κ3) is 3.97. The zero-order chi connectivity index (χ0) is 15.9. The van der Waals surface area contributed by atoms with Crippen LogP contribution in [0.3, 0.4) is 0 Å². The van der Waals surface area contributed by atoms with Crippen molar-refractivity contribution in [2.75, 3.05) is 23.7 Å². The van der Waals surface area contributed by atoms with E-state index >= 15 is 0 Å². The summed E-state index contributed by atoms with van der Waals surface area (Å²) >= 11 is 0. The first-order valence-electron chi connectivity index (χ1n) is 8.09. The normalized spacial score (nSPS) is 10.8. The summed E-state index contributed by atoms with van der Waals surface area (Å²) in [4.78, 5) is 7.72. The Balaban J connectivity index is 1.55. The molecule has 0 aliphatic carbocycles. The molecule has 0 saturated carbocycles. The van der Waals surface area contributed by atoms with Crippen molar-refractivity contribution in [2.45, 2.75) is 26.2 Å². The SMILES string of the molecule is CCCCNc1nncc(NCCc2c[nH]c3ccccc23)n1. The number of para-hydroxylation sites is 1. The van der Waals surface area contributed by atoms with E-state index in [9.17, 15) is 0 Å². The quantitative estimate of drug-likeness (QED) is 0.557. The van der Waals surface area contributed by atoms with Crippen LogP contribution in [0.25, 0.3) is 10.9 Å². The fourth-order valence-electron chi connectivity index (χ4n) is 2.50. The standard InChI is InChI=1S/C17H22N6/c1-2-3-9-19-17-22-16(12-21-23-17)18-10-8-13-11-20-15-7-5-4-6-14(13)15/h4-7,11-12,20H,2-3,8-10H2,1H3,(H2,18,19,22,23). The topological polar surface area (TPSA) is 78.5 Å². The molecule has 23 heavy (non-hydrogen) atoms. The molecule has 2 aromatic heterocycles. The largest absolute Gasteiger partial charge is 0.368 e. The summed E-state index contributed by atoms with van der Waals surface area (Å²) in [5.74, 6) is 1.33. The minimum atomic E-state index is 0.579. The molecule has 1 aromatic carbocycles. The Morgan fingerprint density at radius 3 is 2.96 bits per heavy atom. The maximum absolute atomic E-state index is 4.42. The van der Waals surface area contributed by atoms with Gasteiger partial charge in [0, 0.05) is 30.2 Å². The molecule has 0 fully saturated rings. The number of benzene rings is 1. The van der Waals surface area contributed by atoms with Gasteiger partial charge in [-0.25, -0.2) is 0 Å². The van der Waals surface area contributed by atoms with Crippen LogP contribution < -0.4 is 10.6 Å². The van der Waals surface area contributed by atoms with E-state index < -0.39 is 0 Å². The van der Waals surface area contributed by atoms with E-state index in [1.165, 1.54) is 16.5 Å². The third-order valence-corrected chi connectivity index (χ3v) is 3.75. The minimum absolute atomic E-state index is 0.579. The summed E-state index contributed by atoms with van der Waals surface area (Å²) in [6.07, 6.45) is 6.89. The Morgan fingerprint density at radius 2 is 2.04 bits per heavy atom. The first-order chi connectivity index (χ1) is 11.4. The molecule has 2 heterocycles. The van der Waals surface area contributed by atoms with E-state index in [4.69, 9.17) is 0 Å². The number of aromatic nitrogens is 4. The highest BCUT2D eigenvalue weighted by Crippen LogP contribution is 2.18. The lowest BCUT2D eigenvalue weighted by Crippen LogP contribution is -2.10. The summed E-state index contributed by atoms with van der Waals surface area (Å²) in [6, 6.07) is 8.34. The van der Waals surface area contributed by atoms with Crippen LogP contribution in [0.1, 0.15) is 25.3 Å². The van der Waals surface area contributed by atoms with Crippen molar-refractivity contribution in [3.8, 4) is 0 Å². The summed E-state index contributed by atoms with van der Waals surface area (Å²) < 4.78 is 0. The van der Waals surface area contributed by atoms with Gasteiger partial charge in [0.1, 0.15) is 0 Å². The van der Waals surface area contributed by atoms with Crippen LogP contribution in [0.4, 0.5) is 11.8 Å². The van der Waals surface area contributed by atoms with E-state index in [0.717, 1.165) is 38.2 Å². The van der Waals surface area contributed by atoms with Crippen molar-refractivity contribution in [3.63, 3.8) is 0 Å². The van der Waals surface area contributed by atoms with Gasteiger partial charge in [-0.15, -0.1) is 5.10 Å². The van der Waals surface area contributed by atoms with Gasteiger partial charge in [-0.05, 0) is 24.5 Å². The number of hydrogen-bond acceptors (Lipinski definition) is 5. The first-order valence-corrected chi connectivity index (χ1v) is 8.09. The van der Waals surface area contributed by atoms with E-state index in [0.29, 0.717) is 5.95 Å². The number of H-pyrrole nitrogens is 1. The number of hydrogen-bond donors (Lipinski definition) is 3. The number of nitrogens with zero attached hydrogens (tertiary/aromatic N) is 3. The van der Waals surface area contributed by atoms with Gasteiger partial charge in [-0.3, -0.25) is 0 Å². The van der Waals surface area contributed by atoms with Gasteiger partial charge in [0.05, 0.1) is 6.20 Å². The number of anilines is 2. The molecule has 3 N–H and O–H groups in total. The lowest BCUT2D eigenvalue weighted by molar-refractivity contribution is 0.818. The zero-order valence-electron chi connectivity index (χ0n) is 13.3. The van der Waals surface area contributed by atoms with Crippen LogP contribution in [0, 0.1) is 0 Å². The summed E-state index contributed by atoms with van der Waals surface area (Å²) in [7, 11) is 0. The zero-order valence-corrected chi connectivity index (χ0v) is 13.3. The van der Waals surface area contributed by atoms with E-state index in [2.05, 4.69) is 62.1 Å². The van der Waals surface area contributed by atoms with Crippen molar-refractivity contribution in [2.24, 2.45) is 0 Å². The Labute approximate surface area is 135 Å². The van der Waals surface area contributed by atoms with Crippen molar-refractivity contribution in [1.82, 2.24) is 20.2 Å². The lowest BCUT2D eigenvalue weighted by Gasteiger charge is -2.07. The highest BCUT2D eigenvalue weighted by atomic mass is 15.3. The smallest absolute Gasteiger partial charge is 0.244 e. The number of rotatable bonds is 8. The molecule has 120 valence electrons. The first kappa shape index (κ1) is 15.3. The number of fused-ring (bicyclic) bond motifs is 1. The Hall–Kier alpha value is -2.63. The second-order valence-electron chi connectivity index (χ2n) is 5.48. The molecular weight excluding hydrogens is 288 g/mol. The predicted molar refractivity (Wildman–Crippen MR) is 93.7 cm³/mol. The van der Waals surface area contributed by atoms with Crippen LogP contribution in [0.2, 0.25) is 0 Å². The fraction of sp³-hybridized carbons (Fsp3) is 0.353. The average molecular weight is 310 g/mol. The summed E-state index contributed by atoms with van der Waals surface area (Å²) in [5.41, 5.74) is 2.48. The fourth-order valence-corrected chi connectivity index (χ4v) is 2.50. The summed E-state index contributed by atoms with van der Waals surface area (Å²) in [6.45, 7) is 3.83. The molecular formula is C17H22N6. The molecule has 0 radical (unpaired) electrons. The molecule has 0 saturated heterocycles. The van der Waals surface area contributed by atoms with Gasteiger partial charge in [0.15, 0.2) is 5.82 Å². The van der Waals surface area contributed by atoms with Gasteiger partial charge >= 0.3 is 0 Å². The van der Waals surface area contributed by atoms with Gasteiger partial charge in [-0.1, -0.05) is 31.5 Å². The molecule has 6 nitrogen and oxygen atoms in total. The minimum Gasteiger partial charge on any atom is -0.368 e. The van der Waals surface area contributed by atoms with Crippen molar-refractivity contribution in [1.29, 1.82) is 0 Å². The molecule has 0 unspecified atom stereocenters. The van der Waals surface area contributed by atoms with Crippen molar-refractivity contribution in [3.05, 3.63) is 42.2 Å². The Kier molecular flexibility index (Phi) is 5.03.